The van der Waals surface area contributed by atoms with Gasteiger partial charge in [0, 0.05) is 5.57 Å². The largest absolute Gasteiger partial charge is 0.504 e. The van der Waals surface area contributed by atoms with Gasteiger partial charge in [-0.25, -0.2) is 0 Å². The lowest BCUT2D eigenvalue weighted by atomic mass is 9.75. The molecule has 2 unspecified atom stereocenters. The summed E-state index contributed by atoms with van der Waals surface area (Å²) in [6.45, 7) is 1.30. The molecule has 0 radical (unpaired) electrons. The van der Waals surface area contributed by atoms with E-state index < -0.39 is 59.9 Å². The van der Waals surface area contributed by atoms with E-state index in [4.69, 9.17) is 5.11 Å². The highest BCUT2D eigenvalue weighted by Gasteiger charge is 2.50. The second kappa shape index (κ2) is 5.10. The van der Waals surface area contributed by atoms with Crippen molar-refractivity contribution in [2.75, 3.05) is 0 Å². The van der Waals surface area contributed by atoms with E-state index in [0.29, 0.717) is 0 Å². The fraction of sp³-hybridized carbons (Fsp3) is 0.636. The van der Waals surface area contributed by atoms with E-state index in [0.717, 1.165) is 0 Å². The molecule has 1 aliphatic rings. The summed E-state index contributed by atoms with van der Waals surface area (Å²) in [4.78, 5) is 22.7. The summed E-state index contributed by atoms with van der Waals surface area (Å²) in [5, 5.41) is 8.94. The van der Waals surface area contributed by atoms with Crippen LogP contribution in [0.15, 0.2) is 11.3 Å². The third-order valence-corrected chi connectivity index (χ3v) is 2.95. The van der Waals surface area contributed by atoms with Crippen molar-refractivity contribution >= 4 is 11.6 Å². The molecule has 1 fully saturated rings. The van der Waals surface area contributed by atoms with Gasteiger partial charge < -0.3 is 5.11 Å². The van der Waals surface area contributed by atoms with Gasteiger partial charge in [-0.1, -0.05) is 6.92 Å². The molecule has 1 saturated carbocycles. The number of hydrogen-bond donors (Lipinski definition) is 1. The van der Waals surface area contributed by atoms with Crippen molar-refractivity contribution in [3.63, 3.8) is 0 Å². The Bertz CT molecular complexity index is 460. The van der Waals surface area contributed by atoms with Crippen molar-refractivity contribution in [1.29, 1.82) is 0 Å². The van der Waals surface area contributed by atoms with Crippen molar-refractivity contribution < 1.29 is 41.0 Å². The van der Waals surface area contributed by atoms with Crippen molar-refractivity contribution in [2.24, 2.45) is 11.8 Å². The van der Waals surface area contributed by atoms with Gasteiger partial charge in [0.25, 0.3) is 0 Å². The van der Waals surface area contributed by atoms with Crippen LogP contribution in [0.2, 0.25) is 0 Å². The van der Waals surface area contributed by atoms with Gasteiger partial charge in [0.05, 0.1) is 5.92 Å². The number of hydrogen-bond acceptors (Lipinski definition) is 3. The maximum Gasteiger partial charge on any atom is 0.450 e. The molecule has 114 valence electrons. The number of aliphatic hydroxyl groups excluding tert-OH is 1. The van der Waals surface area contributed by atoms with E-state index in [9.17, 15) is 35.9 Å². The molecule has 0 aromatic rings. The third kappa shape index (κ3) is 3.31. The molecule has 3 nitrogen and oxygen atoms in total. The lowest BCUT2D eigenvalue weighted by Crippen LogP contribution is -2.40. The highest BCUT2D eigenvalue weighted by molar-refractivity contribution is 6.12. The van der Waals surface area contributed by atoms with Crippen LogP contribution in [0, 0.1) is 11.8 Å². The molecule has 1 rings (SSSR count). The molecule has 2 atom stereocenters. The molecular weight excluding hydrogens is 294 g/mol. The molecule has 0 saturated heterocycles. The van der Waals surface area contributed by atoms with E-state index in [-0.39, 0.29) is 0 Å². The van der Waals surface area contributed by atoms with Crippen LogP contribution in [0.4, 0.5) is 26.3 Å². The number of allylic oxidation sites excluding steroid dienone is 2. The average Bonchev–Trinajstić information content (AvgIpc) is 2.27. The topological polar surface area (TPSA) is 54.4 Å². The number of halogens is 6. The summed E-state index contributed by atoms with van der Waals surface area (Å²) >= 11 is 0. The minimum absolute atomic E-state index is 0.494. The summed E-state index contributed by atoms with van der Waals surface area (Å²) in [6, 6.07) is 0. The molecule has 0 aromatic heterocycles. The minimum atomic E-state index is -5.31. The van der Waals surface area contributed by atoms with Crippen LogP contribution >= 0.6 is 0 Å². The Morgan fingerprint density at radius 1 is 1.15 bits per heavy atom. The molecule has 0 amide bonds. The van der Waals surface area contributed by atoms with Crippen LogP contribution in [-0.2, 0) is 9.59 Å². The molecule has 1 aliphatic carbocycles. The second-order valence-electron chi connectivity index (χ2n) is 4.65. The highest BCUT2D eigenvalue weighted by atomic mass is 19.4. The quantitative estimate of drug-likeness (QED) is 0.350. The van der Waals surface area contributed by atoms with Crippen LogP contribution in [0.1, 0.15) is 19.8 Å². The monoisotopic (exact) mass is 304 g/mol. The average molecular weight is 304 g/mol. The molecule has 0 aromatic carbocycles. The summed E-state index contributed by atoms with van der Waals surface area (Å²) < 4.78 is 73.9. The van der Waals surface area contributed by atoms with E-state index in [2.05, 4.69) is 0 Å². The number of carbonyl (C=O) groups excluding carboxylic acids is 2. The fourth-order valence-electron chi connectivity index (χ4n) is 2.06. The number of carbonyl (C=O) groups is 2. The molecule has 0 spiro atoms. The zero-order valence-corrected chi connectivity index (χ0v) is 10.1. The summed E-state index contributed by atoms with van der Waals surface area (Å²) in [5.74, 6) is -9.21. The van der Waals surface area contributed by atoms with Crippen molar-refractivity contribution in [2.45, 2.75) is 32.1 Å². The lowest BCUT2D eigenvalue weighted by Gasteiger charge is -2.28. The molecule has 0 bridgehead atoms. The standard InChI is InChI=1S/C11H10F6O3/c1-4-2-5(8(19)10(12,13)14)7(18)6(3-4)9(20)11(15,16)17/h4-5,20H,2-3H2,1H3. The highest BCUT2D eigenvalue weighted by Crippen LogP contribution is 2.38. The van der Waals surface area contributed by atoms with Crippen LogP contribution in [-0.4, -0.2) is 29.0 Å². The molecule has 0 aliphatic heterocycles. The zero-order chi connectivity index (χ0) is 15.9. The van der Waals surface area contributed by atoms with E-state index >= 15 is 0 Å². The molecule has 20 heavy (non-hydrogen) atoms. The Kier molecular flexibility index (Phi) is 4.21. The van der Waals surface area contributed by atoms with Crippen molar-refractivity contribution in [3.05, 3.63) is 11.3 Å². The van der Waals surface area contributed by atoms with Crippen LogP contribution in [0.25, 0.3) is 0 Å². The third-order valence-electron chi connectivity index (χ3n) is 2.95. The number of ketones is 2. The first-order chi connectivity index (χ1) is 8.85. The van der Waals surface area contributed by atoms with Gasteiger partial charge in [0.2, 0.25) is 11.5 Å². The van der Waals surface area contributed by atoms with Crippen LogP contribution < -0.4 is 0 Å². The van der Waals surface area contributed by atoms with Crippen LogP contribution in [0.3, 0.4) is 0 Å². The first kappa shape index (κ1) is 16.5. The summed E-state index contributed by atoms with van der Waals surface area (Å²) in [7, 11) is 0. The van der Waals surface area contributed by atoms with Crippen LogP contribution in [0.5, 0.6) is 0 Å². The smallest absolute Gasteiger partial charge is 0.450 e. The molecule has 9 heteroatoms. The Labute approximate surface area is 109 Å². The Hall–Kier alpha value is -1.54. The Morgan fingerprint density at radius 3 is 2.05 bits per heavy atom. The van der Waals surface area contributed by atoms with Crippen molar-refractivity contribution in [3.8, 4) is 0 Å². The predicted octanol–water partition coefficient (Wildman–Crippen LogP) is 3.11. The van der Waals surface area contributed by atoms with Gasteiger partial charge in [0.15, 0.2) is 5.78 Å². The molecule has 0 heterocycles. The van der Waals surface area contributed by atoms with Gasteiger partial charge in [-0.05, 0) is 18.8 Å². The SMILES string of the molecule is CC1CC(=C(O)C(F)(F)F)C(=O)C(C(=O)C(F)(F)F)C1. The zero-order valence-electron chi connectivity index (χ0n) is 10.1. The van der Waals surface area contributed by atoms with E-state index in [1.807, 2.05) is 0 Å². The molecule has 1 N–H and O–H groups in total. The van der Waals surface area contributed by atoms with E-state index in [1.165, 1.54) is 6.92 Å². The maximum absolute atomic E-state index is 12.3. The number of aliphatic hydroxyl groups is 1. The van der Waals surface area contributed by atoms with Gasteiger partial charge >= 0.3 is 12.4 Å². The van der Waals surface area contributed by atoms with Gasteiger partial charge in [-0.2, -0.15) is 26.3 Å². The normalized spacial score (nSPS) is 27.4. The van der Waals surface area contributed by atoms with Gasteiger partial charge in [0.1, 0.15) is 0 Å². The number of Topliss-reactive ketones (excluding diaryl/α,β-unsaturated/α-hetero) is 2. The minimum Gasteiger partial charge on any atom is -0.504 e. The predicted molar refractivity (Wildman–Crippen MR) is 53.7 cm³/mol. The maximum atomic E-state index is 12.3. The number of rotatable bonds is 1. The van der Waals surface area contributed by atoms with Gasteiger partial charge in [-0.3, -0.25) is 9.59 Å². The fourth-order valence-corrected chi connectivity index (χ4v) is 2.06. The first-order valence-corrected chi connectivity index (χ1v) is 5.50. The first-order valence-electron chi connectivity index (χ1n) is 5.50. The van der Waals surface area contributed by atoms with Gasteiger partial charge in [-0.15, -0.1) is 0 Å². The Morgan fingerprint density at radius 2 is 1.65 bits per heavy atom. The lowest BCUT2D eigenvalue weighted by molar-refractivity contribution is -0.177. The summed E-state index contributed by atoms with van der Waals surface area (Å²) in [6.07, 6.45) is -11.6. The van der Waals surface area contributed by atoms with Crippen molar-refractivity contribution in [1.82, 2.24) is 0 Å². The number of alkyl halides is 6. The van der Waals surface area contributed by atoms with E-state index in [1.54, 1.807) is 0 Å². The second-order valence-corrected chi connectivity index (χ2v) is 4.65. The molecular formula is C11H10F6O3. The Balaban J connectivity index is 3.22. The summed E-state index contributed by atoms with van der Waals surface area (Å²) in [5.41, 5.74) is -1.17.